The van der Waals surface area contributed by atoms with E-state index < -0.39 is 10.0 Å². The summed E-state index contributed by atoms with van der Waals surface area (Å²) in [6.45, 7) is 0. The highest BCUT2D eigenvalue weighted by molar-refractivity contribution is 7.99. The molecule has 0 spiro atoms. The Bertz CT molecular complexity index is 1020. The monoisotopic (exact) mass is 429 g/mol. The topological polar surface area (TPSA) is 99.1 Å². The van der Waals surface area contributed by atoms with Crippen LogP contribution in [-0.4, -0.2) is 18.6 Å². The zero-order valence-electron chi connectivity index (χ0n) is 13.2. The molecule has 0 bridgehead atoms. The van der Waals surface area contributed by atoms with Crippen molar-refractivity contribution in [2.75, 3.05) is 0 Å². The van der Waals surface area contributed by atoms with Gasteiger partial charge in [0.1, 0.15) is 5.88 Å². The fraction of sp³-hybridized carbons (Fsp3) is 0.125. The van der Waals surface area contributed by atoms with Crippen molar-refractivity contribution < 1.29 is 12.8 Å². The Morgan fingerprint density at radius 3 is 2.50 bits per heavy atom. The second kappa shape index (κ2) is 7.98. The van der Waals surface area contributed by atoms with E-state index in [1.165, 1.54) is 23.9 Å². The number of hydrogen-bond donors (Lipinski definition) is 1. The Morgan fingerprint density at radius 1 is 1.15 bits per heavy atom. The number of thioether (sulfide) groups is 1. The average Bonchev–Trinajstić information content (AvgIpc) is 3.08. The quantitative estimate of drug-likeness (QED) is 0.468. The molecule has 2 N–H and O–H groups in total. The lowest BCUT2D eigenvalue weighted by Crippen LogP contribution is -2.13. The molecule has 0 fully saturated rings. The largest absolute Gasteiger partial charge is 0.419 e. The highest BCUT2D eigenvalue weighted by atomic mass is 35.5. The van der Waals surface area contributed by atoms with Gasteiger partial charge in [-0.2, -0.15) is 0 Å². The minimum Gasteiger partial charge on any atom is -0.419 e. The maximum absolute atomic E-state index is 12.1. The van der Waals surface area contributed by atoms with Gasteiger partial charge in [-0.15, -0.1) is 33.6 Å². The van der Waals surface area contributed by atoms with Crippen molar-refractivity contribution in [3.63, 3.8) is 0 Å². The molecule has 0 atom stereocenters. The predicted octanol–water partition coefficient (Wildman–Crippen LogP) is 4.07. The summed E-state index contributed by atoms with van der Waals surface area (Å²) in [7, 11) is -3.98. The Morgan fingerprint density at radius 2 is 1.88 bits per heavy atom. The van der Waals surface area contributed by atoms with Gasteiger partial charge in [-0.3, -0.25) is 0 Å². The summed E-state index contributed by atoms with van der Waals surface area (Å²) in [6.07, 6.45) is 0. The molecular formula is C16H13Cl2N3O3S2. The van der Waals surface area contributed by atoms with E-state index in [1.54, 1.807) is 0 Å². The zero-order valence-corrected chi connectivity index (χ0v) is 16.4. The molecule has 1 aromatic heterocycles. The van der Waals surface area contributed by atoms with Crippen LogP contribution in [0.4, 0.5) is 0 Å². The predicted molar refractivity (Wildman–Crippen MR) is 102 cm³/mol. The Balaban J connectivity index is 2.00. The summed E-state index contributed by atoms with van der Waals surface area (Å²) in [5.74, 6) is 0.890. The van der Waals surface area contributed by atoms with Crippen molar-refractivity contribution in [2.24, 2.45) is 5.14 Å². The maximum Gasteiger partial charge on any atom is 0.249 e. The average molecular weight is 430 g/mol. The molecule has 136 valence electrons. The van der Waals surface area contributed by atoms with Crippen LogP contribution >= 0.6 is 35.0 Å². The second-order valence-corrected chi connectivity index (χ2v) is 8.45. The van der Waals surface area contributed by atoms with E-state index in [2.05, 4.69) is 10.2 Å². The van der Waals surface area contributed by atoms with Gasteiger partial charge in [-0.25, -0.2) is 13.6 Å². The van der Waals surface area contributed by atoms with Crippen molar-refractivity contribution in [3.05, 3.63) is 58.9 Å². The van der Waals surface area contributed by atoms with Gasteiger partial charge in [-0.05, 0) is 17.7 Å². The standard InChI is InChI=1S/C16H13Cl2N3O3S2/c17-8-15-20-21-16(24-15)11-6-14(26(19,22)23)13(7-12(11)18)25-9-10-4-2-1-3-5-10/h1-7H,8-9H2,(H2,19,22,23). The number of primary sulfonamides is 1. The fourth-order valence-corrected chi connectivity index (χ4v) is 4.67. The van der Waals surface area contributed by atoms with Crippen molar-refractivity contribution in [2.45, 2.75) is 21.4 Å². The van der Waals surface area contributed by atoms with Crippen LogP contribution in [0.2, 0.25) is 5.02 Å². The lowest BCUT2D eigenvalue weighted by atomic mass is 10.2. The summed E-state index contributed by atoms with van der Waals surface area (Å²) >= 11 is 13.3. The number of benzene rings is 2. The number of aromatic nitrogens is 2. The third kappa shape index (κ3) is 4.39. The molecule has 0 unspecified atom stereocenters. The molecule has 1 heterocycles. The molecular weight excluding hydrogens is 417 g/mol. The van der Waals surface area contributed by atoms with E-state index in [4.69, 9.17) is 32.8 Å². The van der Waals surface area contributed by atoms with E-state index in [0.717, 1.165) is 5.56 Å². The normalized spacial score (nSPS) is 11.7. The summed E-state index contributed by atoms with van der Waals surface area (Å²) < 4.78 is 29.5. The second-order valence-electron chi connectivity index (χ2n) is 5.23. The van der Waals surface area contributed by atoms with Crippen LogP contribution in [0.15, 0.2) is 56.7 Å². The number of sulfonamides is 1. The first-order valence-corrected chi connectivity index (χ1v) is 10.7. The summed E-state index contributed by atoms with van der Waals surface area (Å²) in [6, 6.07) is 12.5. The van der Waals surface area contributed by atoms with E-state index in [9.17, 15) is 8.42 Å². The summed E-state index contributed by atoms with van der Waals surface area (Å²) in [5, 5.41) is 13.2. The van der Waals surface area contributed by atoms with Gasteiger partial charge in [0.2, 0.25) is 21.8 Å². The molecule has 6 nitrogen and oxygen atoms in total. The van der Waals surface area contributed by atoms with Crippen LogP contribution in [-0.2, 0) is 21.7 Å². The van der Waals surface area contributed by atoms with Crippen molar-refractivity contribution in [1.29, 1.82) is 0 Å². The lowest BCUT2D eigenvalue weighted by Gasteiger charge is -2.10. The third-order valence-corrected chi connectivity index (χ3v) is 6.14. The van der Waals surface area contributed by atoms with Crippen molar-refractivity contribution >= 4 is 45.0 Å². The number of nitrogens with zero attached hydrogens (tertiary/aromatic N) is 2. The zero-order chi connectivity index (χ0) is 18.7. The molecule has 26 heavy (non-hydrogen) atoms. The molecule has 10 heteroatoms. The maximum atomic E-state index is 12.1. The highest BCUT2D eigenvalue weighted by Gasteiger charge is 2.21. The summed E-state index contributed by atoms with van der Waals surface area (Å²) in [5.41, 5.74) is 1.32. The van der Waals surface area contributed by atoms with Crippen molar-refractivity contribution in [1.82, 2.24) is 10.2 Å². The molecule has 2 aromatic carbocycles. The van der Waals surface area contributed by atoms with Crippen LogP contribution in [0.5, 0.6) is 0 Å². The van der Waals surface area contributed by atoms with Gasteiger partial charge in [0.25, 0.3) is 0 Å². The van der Waals surface area contributed by atoms with E-state index in [-0.39, 0.29) is 33.1 Å². The van der Waals surface area contributed by atoms with E-state index in [0.29, 0.717) is 10.6 Å². The van der Waals surface area contributed by atoms with Gasteiger partial charge in [0.15, 0.2) is 0 Å². The first kappa shape index (κ1) is 19.2. The van der Waals surface area contributed by atoms with Crippen LogP contribution in [0.1, 0.15) is 11.5 Å². The minimum absolute atomic E-state index is 0.0394. The molecule has 3 rings (SSSR count). The number of halogens is 2. The van der Waals surface area contributed by atoms with Crippen molar-refractivity contribution in [3.8, 4) is 11.5 Å². The van der Waals surface area contributed by atoms with E-state index in [1.807, 2.05) is 30.3 Å². The molecule has 0 saturated heterocycles. The Labute approximate surface area is 164 Å². The highest BCUT2D eigenvalue weighted by Crippen LogP contribution is 2.37. The molecule has 3 aromatic rings. The number of hydrogen-bond acceptors (Lipinski definition) is 6. The first-order chi connectivity index (χ1) is 12.4. The number of nitrogens with two attached hydrogens (primary N) is 1. The lowest BCUT2D eigenvalue weighted by molar-refractivity contribution is 0.527. The SMILES string of the molecule is NS(=O)(=O)c1cc(-c2nnc(CCl)o2)c(Cl)cc1SCc1ccccc1. The third-order valence-electron chi connectivity index (χ3n) is 3.39. The molecule has 0 aliphatic rings. The van der Waals surface area contributed by atoms with E-state index >= 15 is 0 Å². The minimum atomic E-state index is -3.98. The van der Waals surface area contributed by atoms with Gasteiger partial charge in [0.05, 0.1) is 15.5 Å². The van der Waals surface area contributed by atoms with Crippen LogP contribution in [0.25, 0.3) is 11.5 Å². The molecule has 0 radical (unpaired) electrons. The molecule has 0 aliphatic carbocycles. The molecule has 0 amide bonds. The number of alkyl halides is 1. The molecule has 0 aliphatic heterocycles. The first-order valence-electron chi connectivity index (χ1n) is 7.30. The Kier molecular flexibility index (Phi) is 5.89. The van der Waals surface area contributed by atoms with Crippen LogP contribution in [0, 0.1) is 0 Å². The number of rotatable bonds is 6. The summed E-state index contributed by atoms with van der Waals surface area (Å²) in [4.78, 5) is 0.394. The van der Waals surface area contributed by atoms with Gasteiger partial charge >= 0.3 is 0 Å². The Hall–Kier alpha value is -1.58. The van der Waals surface area contributed by atoms with Gasteiger partial charge in [0, 0.05) is 10.6 Å². The van der Waals surface area contributed by atoms with Crippen LogP contribution < -0.4 is 5.14 Å². The fourth-order valence-electron chi connectivity index (χ4n) is 2.19. The van der Waals surface area contributed by atoms with Gasteiger partial charge in [-0.1, -0.05) is 41.9 Å². The van der Waals surface area contributed by atoms with Crippen LogP contribution in [0.3, 0.4) is 0 Å². The molecule has 0 saturated carbocycles. The smallest absolute Gasteiger partial charge is 0.249 e. The van der Waals surface area contributed by atoms with Gasteiger partial charge < -0.3 is 4.42 Å².